The van der Waals surface area contributed by atoms with Gasteiger partial charge in [-0.05, 0) is 52.3 Å². The average molecular weight is 784 g/mol. The highest BCUT2D eigenvalue weighted by molar-refractivity contribution is 7.96. The molecule has 0 spiro atoms. The second-order valence-corrected chi connectivity index (χ2v) is 14.6. The lowest BCUT2D eigenvalue weighted by molar-refractivity contribution is -0.127. The van der Waals surface area contributed by atoms with Crippen LogP contribution in [0.4, 0.5) is 0 Å². The molecule has 0 aromatic heterocycles. The summed E-state index contributed by atoms with van der Waals surface area (Å²) in [5, 5.41) is 19.1. The number of rotatable bonds is 20. The Hall–Kier alpha value is -6.24. The predicted molar refractivity (Wildman–Crippen MR) is 226 cm³/mol. The van der Waals surface area contributed by atoms with Crippen molar-refractivity contribution < 1.29 is 19.2 Å². The van der Waals surface area contributed by atoms with Crippen molar-refractivity contribution in [2.75, 3.05) is 6.54 Å². The lowest BCUT2D eigenvalue weighted by Gasteiger charge is -2.19. The highest BCUT2D eigenvalue weighted by Crippen LogP contribution is 2.14. The number of nitrogens with one attached hydrogen (secondary N) is 6. The van der Waals surface area contributed by atoms with Crippen molar-refractivity contribution in [3.63, 3.8) is 0 Å². The van der Waals surface area contributed by atoms with Gasteiger partial charge in [-0.3, -0.25) is 29.3 Å². The molecule has 0 fully saturated rings. The van der Waals surface area contributed by atoms with Crippen LogP contribution in [0.5, 0.6) is 0 Å². The third-order valence-electron chi connectivity index (χ3n) is 9.02. The molecular formula is C45H49N7O4S. The highest BCUT2D eigenvalue weighted by Gasteiger charge is 2.20. The Kier molecular flexibility index (Phi) is 16.0. The number of carbonyl (C=O) groups is 4. The van der Waals surface area contributed by atoms with Crippen LogP contribution in [0.3, 0.4) is 0 Å². The number of hydrogen-bond acceptors (Lipinski definition) is 7. The van der Waals surface area contributed by atoms with Gasteiger partial charge < -0.3 is 27.0 Å². The van der Waals surface area contributed by atoms with E-state index in [1.54, 1.807) is 24.3 Å². The summed E-state index contributed by atoms with van der Waals surface area (Å²) in [5.41, 5.74) is 13.7. The van der Waals surface area contributed by atoms with Crippen LogP contribution >= 0.6 is 11.9 Å². The second-order valence-electron chi connectivity index (χ2n) is 13.8. The molecule has 5 rings (SSSR count). The maximum absolute atomic E-state index is 13.5. The summed E-state index contributed by atoms with van der Waals surface area (Å²) < 4.78 is 3.29. The fourth-order valence-electron chi connectivity index (χ4n) is 6.01. The fraction of sp³-hybridized carbons (Fsp3) is 0.222. The Bertz CT molecular complexity index is 2140. The molecule has 11 nitrogen and oxygen atoms in total. The van der Waals surface area contributed by atoms with Gasteiger partial charge in [-0.15, -0.1) is 0 Å². The number of nitrogen functional groups attached to an aromatic ring is 1. The van der Waals surface area contributed by atoms with E-state index in [1.807, 2.05) is 110 Å². The minimum absolute atomic E-state index is 0.0277. The summed E-state index contributed by atoms with van der Waals surface area (Å²) in [6.07, 6.45) is 0.743. The first-order valence-electron chi connectivity index (χ1n) is 18.7. The molecule has 12 heteroatoms. The van der Waals surface area contributed by atoms with Gasteiger partial charge in [0.1, 0.15) is 5.84 Å². The molecular weight excluding hydrogens is 735 g/mol. The highest BCUT2D eigenvalue weighted by atomic mass is 32.2. The van der Waals surface area contributed by atoms with Crippen LogP contribution in [-0.4, -0.2) is 42.1 Å². The lowest BCUT2D eigenvalue weighted by atomic mass is 10.0. The van der Waals surface area contributed by atoms with E-state index in [0.29, 0.717) is 30.8 Å². The van der Waals surface area contributed by atoms with E-state index in [1.165, 1.54) is 11.9 Å². The Morgan fingerprint density at radius 1 is 0.579 bits per heavy atom. The Labute approximate surface area is 338 Å². The van der Waals surface area contributed by atoms with Crippen molar-refractivity contribution in [2.24, 2.45) is 5.73 Å². The minimum atomic E-state index is -0.646. The van der Waals surface area contributed by atoms with Crippen molar-refractivity contribution in [1.82, 2.24) is 26.0 Å². The molecule has 5 aromatic rings. The molecule has 0 heterocycles. The summed E-state index contributed by atoms with van der Waals surface area (Å²) in [6.45, 7) is 2.86. The number of amides is 4. The van der Waals surface area contributed by atoms with E-state index >= 15 is 0 Å². The summed E-state index contributed by atoms with van der Waals surface area (Å²) in [7, 11) is 0. The molecule has 0 bridgehead atoms. The second kappa shape index (κ2) is 21.7. The zero-order valence-corrected chi connectivity index (χ0v) is 32.8. The van der Waals surface area contributed by atoms with Gasteiger partial charge in [0.25, 0.3) is 0 Å². The van der Waals surface area contributed by atoms with E-state index in [2.05, 4.69) is 26.0 Å². The summed E-state index contributed by atoms with van der Waals surface area (Å²) >= 11 is 1.42. The zero-order valence-electron chi connectivity index (χ0n) is 32.0. The summed E-state index contributed by atoms with van der Waals surface area (Å²) in [4.78, 5) is 51.7. The van der Waals surface area contributed by atoms with E-state index in [9.17, 15) is 19.2 Å². The molecule has 0 saturated carbocycles. The van der Waals surface area contributed by atoms with Crippen LogP contribution in [-0.2, 0) is 63.8 Å². The zero-order chi connectivity index (χ0) is 40.4. The standard InChI is InChI=1S/C45H49N7O4S/c1-31-8-5-14-37(20-31)27-48-41(53)24-35-12-6-13-36(21-35)25-42(54)49-28-38-15-7-11-34(22-38)23-40(52-57-30-33-9-3-2-4-10-33)45(56)51-29-43(55)50-26-32-16-18-39(19-17-32)44(46)47/h2-22,40,52H,23-30H2,1H3,(H3,46,47)(H,48,53)(H,49,54)(H,50,55)(H,51,56). The normalized spacial score (nSPS) is 11.2. The van der Waals surface area contributed by atoms with Crippen LogP contribution in [0.2, 0.25) is 0 Å². The van der Waals surface area contributed by atoms with Crippen molar-refractivity contribution in [3.05, 3.63) is 177 Å². The molecule has 0 aliphatic carbocycles. The third kappa shape index (κ3) is 14.7. The van der Waals surface area contributed by atoms with Crippen LogP contribution in [0.25, 0.3) is 0 Å². The summed E-state index contributed by atoms with van der Waals surface area (Å²) in [6, 6.07) is 39.5. The van der Waals surface area contributed by atoms with E-state index in [-0.39, 0.29) is 55.4 Å². The Morgan fingerprint density at radius 3 is 1.74 bits per heavy atom. The number of amidine groups is 1. The molecule has 4 amide bonds. The van der Waals surface area contributed by atoms with Gasteiger partial charge in [-0.2, -0.15) is 0 Å². The van der Waals surface area contributed by atoms with Gasteiger partial charge in [-0.1, -0.05) is 145 Å². The van der Waals surface area contributed by atoms with Crippen molar-refractivity contribution >= 4 is 41.4 Å². The first-order chi connectivity index (χ1) is 27.6. The number of hydrogen-bond donors (Lipinski definition) is 7. The smallest absolute Gasteiger partial charge is 0.239 e. The first kappa shape index (κ1) is 41.9. The van der Waals surface area contributed by atoms with Crippen LogP contribution in [0, 0.1) is 12.3 Å². The maximum atomic E-state index is 13.5. The van der Waals surface area contributed by atoms with Crippen molar-refractivity contribution in [1.29, 1.82) is 5.41 Å². The topological polar surface area (TPSA) is 178 Å². The van der Waals surface area contributed by atoms with Gasteiger partial charge >= 0.3 is 0 Å². The predicted octanol–water partition coefficient (Wildman–Crippen LogP) is 4.78. The quantitative estimate of drug-likeness (QED) is 0.0338. The molecule has 0 radical (unpaired) electrons. The first-order valence-corrected chi connectivity index (χ1v) is 19.7. The van der Waals surface area contributed by atoms with Gasteiger partial charge in [-0.25, -0.2) is 0 Å². The van der Waals surface area contributed by atoms with E-state index < -0.39 is 6.04 Å². The largest absolute Gasteiger partial charge is 0.384 e. The molecule has 0 aliphatic heterocycles. The van der Waals surface area contributed by atoms with Gasteiger partial charge in [0.2, 0.25) is 23.6 Å². The minimum Gasteiger partial charge on any atom is -0.384 e. The molecule has 294 valence electrons. The summed E-state index contributed by atoms with van der Waals surface area (Å²) in [5.74, 6) is -0.272. The number of benzene rings is 5. The maximum Gasteiger partial charge on any atom is 0.239 e. The lowest BCUT2D eigenvalue weighted by Crippen LogP contribution is -2.46. The fourth-order valence-corrected chi connectivity index (χ4v) is 6.85. The third-order valence-corrected chi connectivity index (χ3v) is 9.94. The van der Waals surface area contributed by atoms with Gasteiger partial charge in [0, 0.05) is 31.0 Å². The Morgan fingerprint density at radius 2 is 1.11 bits per heavy atom. The van der Waals surface area contributed by atoms with E-state index in [4.69, 9.17) is 11.1 Å². The Balaban J connectivity index is 1.11. The van der Waals surface area contributed by atoms with Gasteiger partial charge in [0.15, 0.2) is 0 Å². The van der Waals surface area contributed by atoms with Crippen LogP contribution in [0.1, 0.15) is 50.1 Å². The van der Waals surface area contributed by atoms with Crippen LogP contribution < -0.4 is 31.7 Å². The molecule has 0 saturated heterocycles. The van der Waals surface area contributed by atoms with Gasteiger partial charge in [0.05, 0.1) is 25.4 Å². The number of aryl methyl sites for hydroxylation is 1. The SMILES string of the molecule is Cc1cccc(CNC(=O)Cc2cccc(CC(=O)NCc3cccc(CC(NSCc4ccccc4)C(=O)NCC(=O)NCc4ccc(C(=N)N)cc4)c3)c2)c1. The van der Waals surface area contributed by atoms with E-state index in [0.717, 1.165) is 44.5 Å². The monoisotopic (exact) mass is 783 g/mol. The molecule has 57 heavy (non-hydrogen) atoms. The number of carbonyl (C=O) groups excluding carboxylic acids is 4. The molecule has 1 atom stereocenters. The molecule has 8 N–H and O–H groups in total. The van der Waals surface area contributed by atoms with Crippen molar-refractivity contribution in [2.45, 2.75) is 57.6 Å². The van der Waals surface area contributed by atoms with Crippen molar-refractivity contribution in [3.8, 4) is 0 Å². The molecule has 0 aliphatic rings. The number of nitrogens with two attached hydrogens (primary N) is 1. The molecule has 1 unspecified atom stereocenters. The molecule has 5 aromatic carbocycles. The average Bonchev–Trinajstić information content (AvgIpc) is 3.21. The van der Waals surface area contributed by atoms with Crippen LogP contribution in [0.15, 0.2) is 127 Å².